The molecule has 116 valence electrons. The number of carboxylic acid groups (broad SMARTS) is 1. The summed E-state index contributed by atoms with van der Waals surface area (Å²) < 4.78 is 10.6. The van der Waals surface area contributed by atoms with Gasteiger partial charge in [0, 0.05) is 45.3 Å². The Labute approximate surface area is 119 Å². The minimum absolute atomic E-state index is 0.0200. The Hall–Kier alpha value is -0.890. The van der Waals surface area contributed by atoms with E-state index in [1.807, 2.05) is 0 Å². The largest absolute Gasteiger partial charge is 0.465 e. The highest BCUT2D eigenvalue weighted by atomic mass is 16.5. The van der Waals surface area contributed by atoms with Crippen molar-refractivity contribution in [3.63, 3.8) is 0 Å². The van der Waals surface area contributed by atoms with Gasteiger partial charge in [0.15, 0.2) is 0 Å². The van der Waals surface area contributed by atoms with Crippen LogP contribution in [0.4, 0.5) is 4.79 Å². The highest BCUT2D eigenvalue weighted by molar-refractivity contribution is 5.64. The molecule has 1 unspecified atom stereocenters. The first-order valence-electron chi connectivity index (χ1n) is 7.33. The summed E-state index contributed by atoms with van der Waals surface area (Å²) in [6, 6.07) is -0.0200. The molecule has 1 amide bonds. The lowest BCUT2D eigenvalue weighted by Gasteiger charge is -2.32. The van der Waals surface area contributed by atoms with E-state index in [-0.39, 0.29) is 6.04 Å². The van der Waals surface area contributed by atoms with Crippen molar-refractivity contribution < 1.29 is 19.4 Å². The van der Waals surface area contributed by atoms with Gasteiger partial charge in [-0.15, -0.1) is 0 Å². The SMILES string of the molecule is O=C(O)NC(CCN1CCOCC1)CN1CCOCC1. The second-order valence-electron chi connectivity index (χ2n) is 5.30. The van der Waals surface area contributed by atoms with Crippen molar-refractivity contribution in [2.75, 3.05) is 65.7 Å². The number of nitrogens with one attached hydrogen (secondary N) is 1. The highest BCUT2D eigenvalue weighted by Crippen LogP contribution is 2.05. The molecule has 2 aliphatic rings. The zero-order valence-electron chi connectivity index (χ0n) is 11.9. The molecule has 0 spiro atoms. The summed E-state index contributed by atoms with van der Waals surface area (Å²) in [5.74, 6) is 0. The zero-order chi connectivity index (χ0) is 14.2. The molecule has 7 heteroatoms. The summed E-state index contributed by atoms with van der Waals surface area (Å²) in [6.45, 7) is 8.37. The number of nitrogens with zero attached hydrogens (tertiary/aromatic N) is 2. The third kappa shape index (κ3) is 5.62. The highest BCUT2D eigenvalue weighted by Gasteiger charge is 2.20. The van der Waals surface area contributed by atoms with Crippen LogP contribution in [0.15, 0.2) is 0 Å². The second-order valence-corrected chi connectivity index (χ2v) is 5.30. The van der Waals surface area contributed by atoms with E-state index < -0.39 is 6.09 Å². The van der Waals surface area contributed by atoms with Crippen molar-refractivity contribution in [2.24, 2.45) is 0 Å². The lowest BCUT2D eigenvalue weighted by Crippen LogP contribution is -2.48. The Bertz CT molecular complexity index is 291. The molecule has 0 aromatic rings. The molecule has 0 aromatic heterocycles. The van der Waals surface area contributed by atoms with Gasteiger partial charge in [0.2, 0.25) is 0 Å². The van der Waals surface area contributed by atoms with Gasteiger partial charge in [-0.2, -0.15) is 0 Å². The van der Waals surface area contributed by atoms with Crippen LogP contribution >= 0.6 is 0 Å². The normalized spacial score (nSPS) is 23.4. The van der Waals surface area contributed by atoms with Gasteiger partial charge >= 0.3 is 6.09 Å². The molecule has 2 fully saturated rings. The van der Waals surface area contributed by atoms with Gasteiger partial charge in [-0.1, -0.05) is 0 Å². The lowest BCUT2D eigenvalue weighted by atomic mass is 10.1. The average molecular weight is 287 g/mol. The first-order chi connectivity index (χ1) is 9.74. The Kier molecular flexibility index (Phi) is 6.52. The van der Waals surface area contributed by atoms with Crippen molar-refractivity contribution in [1.82, 2.24) is 15.1 Å². The zero-order valence-corrected chi connectivity index (χ0v) is 11.9. The molecule has 0 saturated carbocycles. The van der Waals surface area contributed by atoms with E-state index in [0.29, 0.717) is 0 Å². The summed E-state index contributed by atoms with van der Waals surface area (Å²) in [5, 5.41) is 11.6. The molecule has 2 rings (SSSR count). The van der Waals surface area contributed by atoms with Gasteiger partial charge in [0.05, 0.1) is 26.4 Å². The van der Waals surface area contributed by atoms with E-state index in [1.54, 1.807) is 0 Å². The molecule has 0 bridgehead atoms. The van der Waals surface area contributed by atoms with Crippen LogP contribution in [-0.2, 0) is 9.47 Å². The maximum atomic E-state index is 10.9. The van der Waals surface area contributed by atoms with E-state index in [0.717, 1.165) is 72.1 Å². The maximum Gasteiger partial charge on any atom is 0.404 e. The molecule has 7 nitrogen and oxygen atoms in total. The Morgan fingerprint density at radius 3 is 2.15 bits per heavy atom. The van der Waals surface area contributed by atoms with Crippen LogP contribution in [0, 0.1) is 0 Å². The second kappa shape index (κ2) is 8.41. The predicted molar refractivity (Wildman–Crippen MR) is 74.1 cm³/mol. The molecular formula is C13H25N3O4. The standard InChI is InChI=1S/C13H25N3O4/c17-13(18)14-12(11-16-5-9-20-10-6-16)1-2-15-3-7-19-8-4-15/h12,14H,1-11H2,(H,17,18). The number of hydrogen-bond acceptors (Lipinski definition) is 5. The quantitative estimate of drug-likeness (QED) is 0.697. The Morgan fingerprint density at radius 2 is 1.60 bits per heavy atom. The monoisotopic (exact) mass is 287 g/mol. The van der Waals surface area contributed by atoms with Crippen LogP contribution in [0.2, 0.25) is 0 Å². The van der Waals surface area contributed by atoms with Crippen LogP contribution in [0.1, 0.15) is 6.42 Å². The van der Waals surface area contributed by atoms with Crippen LogP contribution in [0.5, 0.6) is 0 Å². The minimum atomic E-state index is -0.940. The number of hydrogen-bond donors (Lipinski definition) is 2. The minimum Gasteiger partial charge on any atom is -0.465 e. The Balaban J connectivity index is 1.74. The number of carbonyl (C=O) groups is 1. The van der Waals surface area contributed by atoms with Gasteiger partial charge < -0.3 is 19.9 Å². The topological polar surface area (TPSA) is 74.3 Å². The van der Waals surface area contributed by atoms with Gasteiger partial charge in [0.1, 0.15) is 0 Å². The summed E-state index contributed by atoms with van der Waals surface area (Å²) in [6.07, 6.45) is -0.103. The summed E-state index contributed by atoms with van der Waals surface area (Å²) in [5.41, 5.74) is 0. The number of ether oxygens (including phenoxy) is 2. The lowest BCUT2D eigenvalue weighted by molar-refractivity contribution is 0.0263. The van der Waals surface area contributed by atoms with Gasteiger partial charge in [0.25, 0.3) is 0 Å². The molecule has 1 atom stereocenters. The first-order valence-corrected chi connectivity index (χ1v) is 7.33. The smallest absolute Gasteiger partial charge is 0.404 e. The van der Waals surface area contributed by atoms with Gasteiger partial charge in [-0.3, -0.25) is 9.80 Å². The fourth-order valence-corrected chi connectivity index (χ4v) is 2.64. The fourth-order valence-electron chi connectivity index (χ4n) is 2.64. The van der Waals surface area contributed by atoms with Crippen molar-refractivity contribution >= 4 is 6.09 Å². The first kappa shape index (κ1) is 15.5. The third-order valence-corrected chi connectivity index (χ3v) is 3.81. The molecule has 0 radical (unpaired) electrons. The molecule has 20 heavy (non-hydrogen) atoms. The van der Waals surface area contributed by atoms with Crippen molar-refractivity contribution in [3.8, 4) is 0 Å². The van der Waals surface area contributed by atoms with E-state index in [1.165, 1.54) is 0 Å². The molecular weight excluding hydrogens is 262 g/mol. The predicted octanol–water partition coefficient (Wildman–Crippen LogP) is -0.323. The van der Waals surface area contributed by atoms with Crippen molar-refractivity contribution in [1.29, 1.82) is 0 Å². The average Bonchev–Trinajstić information content (AvgIpc) is 2.46. The van der Waals surface area contributed by atoms with Crippen molar-refractivity contribution in [3.05, 3.63) is 0 Å². The van der Waals surface area contributed by atoms with E-state index in [2.05, 4.69) is 15.1 Å². The molecule has 2 saturated heterocycles. The summed E-state index contributed by atoms with van der Waals surface area (Å²) in [4.78, 5) is 15.5. The maximum absolute atomic E-state index is 10.9. The van der Waals surface area contributed by atoms with Gasteiger partial charge in [-0.05, 0) is 6.42 Å². The summed E-state index contributed by atoms with van der Waals surface area (Å²) >= 11 is 0. The van der Waals surface area contributed by atoms with Crippen LogP contribution in [0.25, 0.3) is 0 Å². The third-order valence-electron chi connectivity index (χ3n) is 3.81. The molecule has 2 N–H and O–H groups in total. The van der Waals surface area contributed by atoms with E-state index >= 15 is 0 Å². The van der Waals surface area contributed by atoms with Crippen LogP contribution < -0.4 is 5.32 Å². The summed E-state index contributed by atoms with van der Waals surface area (Å²) in [7, 11) is 0. The molecule has 0 aromatic carbocycles. The van der Waals surface area contributed by atoms with Crippen LogP contribution in [-0.4, -0.2) is 92.7 Å². The molecule has 2 heterocycles. The van der Waals surface area contributed by atoms with Crippen LogP contribution in [0.3, 0.4) is 0 Å². The Morgan fingerprint density at radius 1 is 1.05 bits per heavy atom. The number of rotatable bonds is 6. The molecule has 2 aliphatic heterocycles. The molecule has 0 aliphatic carbocycles. The van der Waals surface area contributed by atoms with Crippen molar-refractivity contribution in [2.45, 2.75) is 12.5 Å². The number of morpholine rings is 2. The fraction of sp³-hybridized carbons (Fsp3) is 0.923. The number of amides is 1. The van der Waals surface area contributed by atoms with E-state index in [4.69, 9.17) is 14.6 Å². The van der Waals surface area contributed by atoms with Gasteiger partial charge in [-0.25, -0.2) is 4.79 Å². The van der Waals surface area contributed by atoms with E-state index in [9.17, 15) is 4.79 Å².